The van der Waals surface area contributed by atoms with Crippen LogP contribution in [0, 0.1) is 5.41 Å². The van der Waals surface area contributed by atoms with E-state index < -0.39 is 17.4 Å². The summed E-state index contributed by atoms with van der Waals surface area (Å²) in [6.07, 6.45) is 0.162. The molecule has 0 amide bonds. The highest BCUT2D eigenvalue weighted by molar-refractivity contribution is 5.84. The van der Waals surface area contributed by atoms with Crippen LogP contribution in [-0.4, -0.2) is 22.2 Å². The molecule has 0 saturated carbocycles. The van der Waals surface area contributed by atoms with Crippen molar-refractivity contribution in [2.45, 2.75) is 20.3 Å². The minimum atomic E-state index is -1.16. The summed E-state index contributed by atoms with van der Waals surface area (Å²) in [5.41, 5.74) is -0.965. The molecule has 0 fully saturated rings. The van der Waals surface area contributed by atoms with E-state index in [2.05, 4.69) is 0 Å². The van der Waals surface area contributed by atoms with Gasteiger partial charge in [-0.05, 0) is 26.0 Å². The van der Waals surface area contributed by atoms with Crippen molar-refractivity contribution < 1.29 is 24.2 Å². The van der Waals surface area contributed by atoms with Gasteiger partial charge in [-0.3, -0.25) is 4.79 Å². The van der Waals surface area contributed by atoms with Gasteiger partial charge in [-0.15, -0.1) is 0 Å². The predicted octanol–water partition coefficient (Wildman–Crippen LogP) is 1.63. The van der Waals surface area contributed by atoms with Crippen molar-refractivity contribution in [2.75, 3.05) is 0 Å². The summed E-state index contributed by atoms with van der Waals surface area (Å²) in [7, 11) is 0. The Balaban J connectivity index is 2.82. The van der Waals surface area contributed by atoms with E-state index in [0.717, 1.165) is 0 Å². The van der Waals surface area contributed by atoms with E-state index in [0.29, 0.717) is 5.76 Å². The van der Waals surface area contributed by atoms with Gasteiger partial charge in [0.05, 0.1) is 5.41 Å². The van der Waals surface area contributed by atoms with E-state index >= 15 is 0 Å². The molecule has 15 heavy (non-hydrogen) atoms. The summed E-state index contributed by atoms with van der Waals surface area (Å²) in [5, 5.41) is 17.5. The fraction of sp³-hybridized carbons (Fsp3) is 0.400. The third kappa shape index (κ3) is 2.59. The van der Waals surface area contributed by atoms with Crippen LogP contribution >= 0.6 is 0 Å². The summed E-state index contributed by atoms with van der Waals surface area (Å²) in [4.78, 5) is 21.3. The second-order valence-corrected chi connectivity index (χ2v) is 3.94. The topological polar surface area (TPSA) is 87.7 Å². The van der Waals surface area contributed by atoms with Crippen molar-refractivity contribution in [3.8, 4) is 0 Å². The first kappa shape index (κ1) is 11.3. The van der Waals surface area contributed by atoms with E-state index in [1.165, 1.54) is 12.1 Å². The van der Waals surface area contributed by atoms with Gasteiger partial charge in [0.2, 0.25) is 5.76 Å². The summed E-state index contributed by atoms with van der Waals surface area (Å²) in [6, 6.07) is 2.80. The number of aliphatic carboxylic acids is 1. The normalized spacial score (nSPS) is 11.3. The molecule has 0 aliphatic carbocycles. The minimum absolute atomic E-state index is 0.162. The zero-order chi connectivity index (χ0) is 11.6. The zero-order valence-electron chi connectivity index (χ0n) is 8.48. The molecule has 1 heterocycles. The number of furan rings is 1. The Kier molecular flexibility index (Phi) is 2.83. The smallest absolute Gasteiger partial charge is 0.371 e. The van der Waals surface area contributed by atoms with Gasteiger partial charge in [-0.1, -0.05) is 0 Å². The van der Waals surface area contributed by atoms with Crippen LogP contribution in [0.2, 0.25) is 0 Å². The maximum absolute atomic E-state index is 10.8. The Morgan fingerprint density at radius 1 is 1.33 bits per heavy atom. The highest BCUT2D eigenvalue weighted by Gasteiger charge is 2.29. The first-order chi connectivity index (χ1) is 6.83. The van der Waals surface area contributed by atoms with E-state index in [1.54, 1.807) is 13.8 Å². The molecule has 0 atom stereocenters. The molecule has 0 unspecified atom stereocenters. The van der Waals surface area contributed by atoms with Crippen LogP contribution in [0.4, 0.5) is 0 Å². The van der Waals surface area contributed by atoms with Crippen LogP contribution in [0.3, 0.4) is 0 Å². The Morgan fingerprint density at radius 3 is 2.33 bits per heavy atom. The molecular weight excluding hydrogens is 200 g/mol. The van der Waals surface area contributed by atoms with Crippen LogP contribution in [0.25, 0.3) is 0 Å². The molecule has 0 aliphatic rings. The molecule has 1 aromatic rings. The fourth-order valence-corrected chi connectivity index (χ4v) is 1.10. The lowest BCUT2D eigenvalue weighted by Crippen LogP contribution is -2.25. The lowest BCUT2D eigenvalue weighted by atomic mass is 9.88. The fourth-order valence-electron chi connectivity index (χ4n) is 1.10. The van der Waals surface area contributed by atoms with Gasteiger partial charge in [0.1, 0.15) is 5.76 Å². The molecule has 0 aromatic carbocycles. The van der Waals surface area contributed by atoms with Gasteiger partial charge in [-0.2, -0.15) is 0 Å². The molecule has 0 aliphatic heterocycles. The summed E-state index contributed by atoms with van der Waals surface area (Å²) in [5.74, 6) is -1.92. The van der Waals surface area contributed by atoms with Gasteiger partial charge in [0.15, 0.2) is 0 Å². The van der Waals surface area contributed by atoms with E-state index in [4.69, 9.17) is 14.6 Å². The molecular formula is C10H12O5. The number of carbonyl (C=O) groups is 2. The monoisotopic (exact) mass is 212 g/mol. The number of rotatable bonds is 4. The van der Waals surface area contributed by atoms with Gasteiger partial charge in [0, 0.05) is 6.42 Å². The van der Waals surface area contributed by atoms with Crippen LogP contribution in [0.1, 0.15) is 30.2 Å². The standard InChI is InChI=1S/C10H12O5/c1-10(2,9(13)14)5-6-3-4-7(15-6)8(11)12/h3-4H,5H2,1-2H3,(H,11,12)(H,13,14). The number of hydrogen-bond acceptors (Lipinski definition) is 3. The molecule has 82 valence electrons. The van der Waals surface area contributed by atoms with Crippen molar-refractivity contribution in [1.82, 2.24) is 0 Å². The number of aromatic carboxylic acids is 1. The van der Waals surface area contributed by atoms with Gasteiger partial charge in [-0.25, -0.2) is 4.79 Å². The molecule has 0 radical (unpaired) electrons. The van der Waals surface area contributed by atoms with Crippen molar-refractivity contribution in [2.24, 2.45) is 5.41 Å². The van der Waals surface area contributed by atoms with Gasteiger partial charge >= 0.3 is 11.9 Å². The zero-order valence-corrected chi connectivity index (χ0v) is 8.48. The highest BCUT2D eigenvalue weighted by atomic mass is 16.4. The predicted molar refractivity (Wildman–Crippen MR) is 50.8 cm³/mol. The summed E-state index contributed by atoms with van der Waals surface area (Å²) < 4.78 is 4.97. The van der Waals surface area contributed by atoms with E-state index in [9.17, 15) is 9.59 Å². The number of carboxylic acid groups (broad SMARTS) is 2. The minimum Gasteiger partial charge on any atom is -0.481 e. The summed E-state index contributed by atoms with van der Waals surface area (Å²) >= 11 is 0. The van der Waals surface area contributed by atoms with Crippen LogP contribution < -0.4 is 0 Å². The molecule has 2 N–H and O–H groups in total. The maximum Gasteiger partial charge on any atom is 0.371 e. The molecule has 0 saturated heterocycles. The van der Waals surface area contributed by atoms with E-state index in [-0.39, 0.29) is 12.2 Å². The Bertz CT molecular complexity index is 388. The molecule has 0 bridgehead atoms. The Labute approximate surface area is 86.3 Å². The van der Waals surface area contributed by atoms with Crippen LogP contribution in [0.5, 0.6) is 0 Å². The van der Waals surface area contributed by atoms with Crippen molar-refractivity contribution >= 4 is 11.9 Å². The lowest BCUT2D eigenvalue weighted by molar-refractivity contribution is -0.147. The molecule has 5 heteroatoms. The molecule has 5 nitrogen and oxygen atoms in total. The average Bonchev–Trinajstić information content (AvgIpc) is 2.51. The largest absolute Gasteiger partial charge is 0.481 e. The third-order valence-electron chi connectivity index (χ3n) is 2.07. The molecule has 1 rings (SSSR count). The van der Waals surface area contributed by atoms with Crippen LogP contribution in [0.15, 0.2) is 16.5 Å². The summed E-state index contributed by atoms with van der Waals surface area (Å²) in [6.45, 7) is 3.11. The van der Waals surface area contributed by atoms with Gasteiger partial charge in [0.25, 0.3) is 0 Å². The first-order valence-electron chi connectivity index (χ1n) is 4.38. The van der Waals surface area contributed by atoms with Crippen molar-refractivity contribution in [1.29, 1.82) is 0 Å². The van der Waals surface area contributed by atoms with Gasteiger partial charge < -0.3 is 14.6 Å². The second-order valence-electron chi connectivity index (χ2n) is 3.94. The van der Waals surface area contributed by atoms with Crippen molar-refractivity contribution in [3.05, 3.63) is 23.7 Å². The number of hydrogen-bond donors (Lipinski definition) is 2. The molecule has 1 aromatic heterocycles. The Morgan fingerprint density at radius 2 is 1.93 bits per heavy atom. The molecule has 0 spiro atoms. The highest BCUT2D eigenvalue weighted by Crippen LogP contribution is 2.23. The third-order valence-corrected chi connectivity index (χ3v) is 2.07. The van der Waals surface area contributed by atoms with E-state index in [1.807, 2.05) is 0 Å². The maximum atomic E-state index is 10.8. The first-order valence-corrected chi connectivity index (χ1v) is 4.38. The number of carboxylic acids is 2. The lowest BCUT2D eigenvalue weighted by Gasteiger charge is -2.16. The van der Waals surface area contributed by atoms with Crippen LogP contribution in [-0.2, 0) is 11.2 Å². The second kappa shape index (κ2) is 3.76. The quantitative estimate of drug-likeness (QED) is 0.791. The Hall–Kier alpha value is -1.78. The average molecular weight is 212 g/mol. The SMILES string of the molecule is CC(C)(Cc1ccc(C(=O)O)o1)C(=O)O. The van der Waals surface area contributed by atoms with Crippen molar-refractivity contribution in [3.63, 3.8) is 0 Å².